The van der Waals surface area contributed by atoms with Gasteiger partial charge in [-0.25, -0.2) is 4.79 Å². The summed E-state index contributed by atoms with van der Waals surface area (Å²) >= 11 is 0. The second-order valence-electron chi connectivity index (χ2n) is 4.53. The maximum Gasteiger partial charge on any atom is 0.410 e. The monoisotopic (exact) mass is 233 g/mol. The van der Waals surface area contributed by atoms with Gasteiger partial charge in [0.25, 0.3) is 0 Å². The van der Waals surface area contributed by atoms with Crippen LogP contribution in [0.4, 0.5) is 4.79 Å². The summed E-state index contributed by atoms with van der Waals surface area (Å²) in [6.45, 7) is 4.72. The number of aliphatic hydroxyl groups excluding tert-OH is 1. The van der Waals surface area contributed by atoms with Crippen LogP contribution in [0.25, 0.3) is 0 Å². The topological polar surface area (TPSA) is 87.1 Å². The van der Waals surface area contributed by atoms with E-state index < -0.39 is 30.3 Å². The van der Waals surface area contributed by atoms with Gasteiger partial charge in [-0.15, -0.1) is 0 Å². The number of aliphatic carboxylic acids is 1. The van der Waals surface area contributed by atoms with Crippen molar-refractivity contribution in [3.8, 4) is 0 Å². The Hall–Kier alpha value is -1.30. The van der Waals surface area contributed by atoms with Crippen molar-refractivity contribution in [1.82, 2.24) is 4.90 Å². The summed E-state index contributed by atoms with van der Waals surface area (Å²) in [6, 6.07) is -0.771. The zero-order chi connectivity index (χ0) is 12.9. The Bertz CT molecular complexity index is 258. The first-order chi connectivity index (χ1) is 7.17. The van der Waals surface area contributed by atoms with E-state index in [4.69, 9.17) is 14.9 Å². The molecule has 0 saturated carbocycles. The van der Waals surface area contributed by atoms with Crippen LogP contribution in [-0.2, 0) is 9.53 Å². The summed E-state index contributed by atoms with van der Waals surface area (Å²) in [5, 5.41) is 17.6. The van der Waals surface area contributed by atoms with Crippen LogP contribution in [0.5, 0.6) is 0 Å². The van der Waals surface area contributed by atoms with Crippen LogP contribution in [-0.4, -0.2) is 52.5 Å². The Kier molecular flexibility index (Phi) is 5.23. The van der Waals surface area contributed by atoms with Crippen LogP contribution < -0.4 is 0 Å². The number of carboxylic acids is 1. The molecule has 0 aromatic rings. The van der Waals surface area contributed by atoms with Crippen LogP contribution in [0.2, 0.25) is 0 Å². The lowest BCUT2D eigenvalue weighted by Crippen LogP contribution is -2.43. The van der Waals surface area contributed by atoms with Crippen LogP contribution >= 0.6 is 0 Å². The van der Waals surface area contributed by atoms with Crippen molar-refractivity contribution < 1.29 is 24.5 Å². The smallest absolute Gasteiger partial charge is 0.410 e. The molecular formula is C10H19NO5. The van der Waals surface area contributed by atoms with Crippen molar-refractivity contribution in [2.75, 3.05) is 13.7 Å². The highest BCUT2D eigenvalue weighted by Crippen LogP contribution is 2.11. The molecule has 0 aliphatic carbocycles. The molecule has 0 aliphatic heterocycles. The Morgan fingerprint density at radius 3 is 2.19 bits per heavy atom. The normalized spacial score (nSPS) is 13.1. The standard InChI is InChI=1S/C10H19NO5/c1-10(2,3)16-9(15)11(4)7(6-12)5-8(13)14/h7,12H,5-6H2,1-4H3,(H,13,14). The molecule has 0 spiro atoms. The molecule has 16 heavy (non-hydrogen) atoms. The molecule has 94 valence electrons. The second-order valence-corrected chi connectivity index (χ2v) is 4.53. The van der Waals surface area contributed by atoms with Gasteiger partial charge in [0, 0.05) is 7.05 Å². The van der Waals surface area contributed by atoms with Crippen molar-refractivity contribution in [3.05, 3.63) is 0 Å². The fraction of sp³-hybridized carbons (Fsp3) is 0.800. The van der Waals surface area contributed by atoms with Gasteiger partial charge in [-0.1, -0.05) is 0 Å². The highest BCUT2D eigenvalue weighted by molar-refractivity contribution is 5.71. The molecular weight excluding hydrogens is 214 g/mol. The lowest BCUT2D eigenvalue weighted by Gasteiger charge is -2.28. The number of carbonyl (C=O) groups excluding carboxylic acids is 1. The number of aliphatic hydroxyl groups is 1. The van der Waals surface area contributed by atoms with E-state index in [1.807, 2.05) is 0 Å². The molecule has 0 bridgehead atoms. The lowest BCUT2D eigenvalue weighted by atomic mass is 10.2. The molecule has 0 heterocycles. The first-order valence-electron chi connectivity index (χ1n) is 4.96. The van der Waals surface area contributed by atoms with Crippen molar-refractivity contribution in [3.63, 3.8) is 0 Å². The quantitative estimate of drug-likeness (QED) is 0.746. The number of likely N-dealkylation sites (N-methyl/N-ethyl adjacent to an activating group) is 1. The Labute approximate surface area is 94.8 Å². The van der Waals surface area contributed by atoms with Gasteiger partial charge in [-0.05, 0) is 20.8 Å². The minimum atomic E-state index is -1.07. The minimum Gasteiger partial charge on any atom is -0.481 e. The molecule has 1 atom stereocenters. The van der Waals surface area contributed by atoms with Gasteiger partial charge < -0.3 is 19.8 Å². The van der Waals surface area contributed by atoms with E-state index in [1.54, 1.807) is 20.8 Å². The molecule has 0 saturated heterocycles. The third-order valence-corrected chi connectivity index (χ3v) is 1.85. The SMILES string of the molecule is CN(C(=O)OC(C)(C)C)C(CO)CC(=O)O. The van der Waals surface area contributed by atoms with E-state index >= 15 is 0 Å². The third-order valence-electron chi connectivity index (χ3n) is 1.85. The summed E-state index contributed by atoms with van der Waals surface area (Å²) in [6.07, 6.45) is -0.959. The molecule has 6 heteroatoms. The average molecular weight is 233 g/mol. The number of amides is 1. The molecule has 1 unspecified atom stereocenters. The van der Waals surface area contributed by atoms with E-state index in [0.717, 1.165) is 4.90 Å². The van der Waals surface area contributed by atoms with Crippen LogP contribution in [0.1, 0.15) is 27.2 Å². The van der Waals surface area contributed by atoms with Crippen molar-refractivity contribution in [2.45, 2.75) is 38.8 Å². The van der Waals surface area contributed by atoms with E-state index in [0.29, 0.717) is 0 Å². The minimum absolute atomic E-state index is 0.313. The maximum absolute atomic E-state index is 11.5. The molecule has 1 amide bonds. The van der Waals surface area contributed by atoms with Gasteiger partial charge in [0.15, 0.2) is 0 Å². The van der Waals surface area contributed by atoms with Crippen molar-refractivity contribution in [1.29, 1.82) is 0 Å². The number of carboxylic acid groups (broad SMARTS) is 1. The van der Waals surface area contributed by atoms with Gasteiger partial charge in [0.1, 0.15) is 5.60 Å². The van der Waals surface area contributed by atoms with Gasteiger partial charge in [0.2, 0.25) is 0 Å². The summed E-state index contributed by atoms with van der Waals surface area (Å²) in [5.74, 6) is -1.07. The Balaban J connectivity index is 4.44. The molecule has 0 fully saturated rings. The molecule has 0 aromatic heterocycles. The fourth-order valence-corrected chi connectivity index (χ4v) is 1.01. The van der Waals surface area contributed by atoms with Crippen molar-refractivity contribution >= 4 is 12.1 Å². The van der Waals surface area contributed by atoms with Gasteiger partial charge in [0.05, 0.1) is 19.1 Å². The zero-order valence-corrected chi connectivity index (χ0v) is 10.1. The summed E-state index contributed by atoms with van der Waals surface area (Å²) in [4.78, 5) is 23.1. The predicted molar refractivity (Wildman–Crippen MR) is 57.1 cm³/mol. The number of hydrogen-bond donors (Lipinski definition) is 2. The number of rotatable bonds is 4. The summed E-state index contributed by atoms with van der Waals surface area (Å²) < 4.78 is 5.05. The van der Waals surface area contributed by atoms with Crippen LogP contribution in [0, 0.1) is 0 Å². The zero-order valence-electron chi connectivity index (χ0n) is 10.1. The van der Waals surface area contributed by atoms with E-state index in [-0.39, 0.29) is 6.42 Å². The molecule has 0 rings (SSSR count). The molecule has 0 aromatic carbocycles. The van der Waals surface area contributed by atoms with E-state index in [9.17, 15) is 9.59 Å². The molecule has 2 N–H and O–H groups in total. The predicted octanol–water partition coefficient (Wildman–Crippen LogP) is 0.689. The highest BCUT2D eigenvalue weighted by Gasteiger charge is 2.26. The summed E-state index contributed by atoms with van der Waals surface area (Å²) in [7, 11) is 1.40. The van der Waals surface area contributed by atoms with Gasteiger partial charge in [-0.2, -0.15) is 0 Å². The van der Waals surface area contributed by atoms with Gasteiger partial charge in [-0.3, -0.25) is 4.79 Å². The Morgan fingerprint density at radius 1 is 1.38 bits per heavy atom. The molecule has 6 nitrogen and oxygen atoms in total. The first kappa shape index (κ1) is 14.7. The van der Waals surface area contributed by atoms with E-state index in [2.05, 4.69) is 0 Å². The third kappa shape index (κ3) is 5.55. The average Bonchev–Trinajstić information content (AvgIpc) is 2.09. The summed E-state index contributed by atoms with van der Waals surface area (Å²) in [5.41, 5.74) is -0.644. The fourth-order valence-electron chi connectivity index (χ4n) is 1.01. The number of carbonyl (C=O) groups is 2. The first-order valence-corrected chi connectivity index (χ1v) is 4.96. The molecule has 0 radical (unpaired) electrons. The van der Waals surface area contributed by atoms with E-state index in [1.165, 1.54) is 7.05 Å². The highest BCUT2D eigenvalue weighted by atomic mass is 16.6. The second kappa shape index (κ2) is 5.69. The maximum atomic E-state index is 11.5. The number of ether oxygens (including phenoxy) is 1. The van der Waals surface area contributed by atoms with Crippen molar-refractivity contribution in [2.24, 2.45) is 0 Å². The van der Waals surface area contributed by atoms with Crippen LogP contribution in [0.15, 0.2) is 0 Å². The lowest BCUT2D eigenvalue weighted by molar-refractivity contribution is -0.138. The largest absolute Gasteiger partial charge is 0.481 e. The molecule has 0 aliphatic rings. The number of hydrogen-bond acceptors (Lipinski definition) is 4. The number of nitrogens with zero attached hydrogens (tertiary/aromatic N) is 1. The van der Waals surface area contributed by atoms with Gasteiger partial charge >= 0.3 is 12.1 Å². The van der Waals surface area contributed by atoms with Crippen LogP contribution in [0.3, 0.4) is 0 Å². The Morgan fingerprint density at radius 2 is 1.88 bits per heavy atom.